The SMILES string of the molecule is CC(CN)(Cc1ccccc1O)N1CCC1. The van der Waals surface area contributed by atoms with Crippen LogP contribution < -0.4 is 5.73 Å². The molecular formula is C13H20N2O. The lowest BCUT2D eigenvalue weighted by atomic mass is 9.88. The summed E-state index contributed by atoms with van der Waals surface area (Å²) in [4.78, 5) is 2.40. The van der Waals surface area contributed by atoms with Crippen LogP contribution in [0.4, 0.5) is 0 Å². The molecule has 1 saturated heterocycles. The van der Waals surface area contributed by atoms with E-state index in [0.717, 1.165) is 25.1 Å². The summed E-state index contributed by atoms with van der Waals surface area (Å²) in [6.45, 7) is 5.06. The van der Waals surface area contributed by atoms with Gasteiger partial charge in [0.05, 0.1) is 0 Å². The summed E-state index contributed by atoms with van der Waals surface area (Å²) >= 11 is 0. The predicted octanol–water partition coefficient (Wildman–Crippen LogP) is 1.36. The van der Waals surface area contributed by atoms with Crippen molar-refractivity contribution in [2.75, 3.05) is 19.6 Å². The Labute approximate surface area is 96.9 Å². The minimum absolute atomic E-state index is 0.0168. The van der Waals surface area contributed by atoms with Gasteiger partial charge in [-0.15, -0.1) is 0 Å². The molecule has 1 fully saturated rings. The number of nitrogens with zero attached hydrogens (tertiary/aromatic N) is 1. The van der Waals surface area contributed by atoms with Gasteiger partial charge in [-0.2, -0.15) is 0 Å². The molecule has 1 unspecified atom stereocenters. The van der Waals surface area contributed by atoms with Crippen molar-refractivity contribution in [3.8, 4) is 5.75 Å². The second kappa shape index (κ2) is 4.44. The Bertz CT molecular complexity index is 363. The van der Waals surface area contributed by atoms with Crippen LogP contribution in [0.15, 0.2) is 24.3 Å². The van der Waals surface area contributed by atoms with Crippen LogP contribution in [0, 0.1) is 0 Å². The molecule has 3 N–H and O–H groups in total. The standard InChI is InChI=1S/C13H20N2O/c1-13(10-14,15-7-4-8-15)9-11-5-2-3-6-12(11)16/h2-3,5-6,16H,4,7-10,14H2,1H3. The Morgan fingerprint density at radius 2 is 2.06 bits per heavy atom. The molecule has 1 aromatic rings. The molecule has 0 bridgehead atoms. The molecule has 0 aliphatic carbocycles. The zero-order valence-corrected chi connectivity index (χ0v) is 9.82. The molecule has 1 atom stereocenters. The summed E-state index contributed by atoms with van der Waals surface area (Å²) in [6.07, 6.45) is 2.08. The molecular weight excluding hydrogens is 200 g/mol. The lowest BCUT2D eigenvalue weighted by Crippen LogP contribution is -2.58. The van der Waals surface area contributed by atoms with Crippen molar-refractivity contribution in [1.29, 1.82) is 0 Å². The summed E-state index contributed by atoms with van der Waals surface area (Å²) < 4.78 is 0. The predicted molar refractivity (Wildman–Crippen MR) is 65.5 cm³/mol. The maximum Gasteiger partial charge on any atom is 0.118 e. The van der Waals surface area contributed by atoms with Gasteiger partial charge in [0.1, 0.15) is 5.75 Å². The molecule has 0 spiro atoms. The number of benzene rings is 1. The van der Waals surface area contributed by atoms with E-state index in [0.29, 0.717) is 12.3 Å². The summed E-state index contributed by atoms with van der Waals surface area (Å²) in [6, 6.07) is 7.52. The molecule has 3 nitrogen and oxygen atoms in total. The smallest absolute Gasteiger partial charge is 0.118 e. The Hall–Kier alpha value is -1.06. The molecule has 0 aromatic heterocycles. The van der Waals surface area contributed by atoms with Gasteiger partial charge in [-0.1, -0.05) is 18.2 Å². The van der Waals surface area contributed by atoms with E-state index in [1.54, 1.807) is 6.07 Å². The minimum atomic E-state index is -0.0168. The zero-order chi connectivity index (χ0) is 11.6. The number of hydrogen-bond donors (Lipinski definition) is 2. The van der Waals surface area contributed by atoms with Gasteiger partial charge in [-0.25, -0.2) is 0 Å². The molecule has 3 heteroatoms. The topological polar surface area (TPSA) is 49.5 Å². The average molecular weight is 220 g/mol. The van der Waals surface area contributed by atoms with Gasteiger partial charge < -0.3 is 10.8 Å². The van der Waals surface area contributed by atoms with Crippen LogP contribution in [-0.4, -0.2) is 35.2 Å². The highest BCUT2D eigenvalue weighted by Crippen LogP contribution is 2.28. The average Bonchev–Trinajstić information content (AvgIpc) is 2.19. The van der Waals surface area contributed by atoms with Crippen LogP contribution in [0.3, 0.4) is 0 Å². The third-order valence-corrected chi connectivity index (χ3v) is 3.62. The van der Waals surface area contributed by atoms with Crippen LogP contribution in [0.5, 0.6) is 5.75 Å². The largest absolute Gasteiger partial charge is 0.508 e. The first-order valence-electron chi connectivity index (χ1n) is 5.88. The van der Waals surface area contributed by atoms with Gasteiger partial charge in [0.2, 0.25) is 0 Å². The summed E-state index contributed by atoms with van der Waals surface area (Å²) in [5.41, 5.74) is 6.86. The second-order valence-electron chi connectivity index (χ2n) is 4.85. The lowest BCUT2D eigenvalue weighted by Gasteiger charge is -2.46. The fourth-order valence-corrected chi connectivity index (χ4v) is 2.24. The number of aromatic hydroxyl groups is 1. The highest BCUT2D eigenvalue weighted by molar-refractivity contribution is 5.33. The fourth-order valence-electron chi connectivity index (χ4n) is 2.24. The lowest BCUT2D eigenvalue weighted by molar-refractivity contribution is 0.0477. The van der Waals surface area contributed by atoms with Crippen LogP contribution in [0.25, 0.3) is 0 Å². The van der Waals surface area contributed by atoms with Gasteiger partial charge in [0, 0.05) is 12.1 Å². The number of nitrogens with two attached hydrogens (primary N) is 1. The fraction of sp³-hybridized carbons (Fsp3) is 0.538. The number of likely N-dealkylation sites (tertiary alicyclic amines) is 1. The molecule has 0 saturated carbocycles. The number of rotatable bonds is 4. The molecule has 1 heterocycles. The van der Waals surface area contributed by atoms with E-state index in [-0.39, 0.29) is 5.54 Å². The Morgan fingerprint density at radius 1 is 1.38 bits per heavy atom. The molecule has 0 amide bonds. The van der Waals surface area contributed by atoms with E-state index in [1.807, 2.05) is 18.2 Å². The zero-order valence-electron chi connectivity index (χ0n) is 9.82. The van der Waals surface area contributed by atoms with Crippen molar-refractivity contribution in [3.63, 3.8) is 0 Å². The van der Waals surface area contributed by atoms with Gasteiger partial charge in [-0.3, -0.25) is 4.90 Å². The first kappa shape index (κ1) is 11.4. The van der Waals surface area contributed by atoms with E-state index in [9.17, 15) is 5.11 Å². The number of hydrogen-bond acceptors (Lipinski definition) is 3. The molecule has 1 aliphatic heterocycles. The molecule has 0 radical (unpaired) electrons. The van der Waals surface area contributed by atoms with Crippen molar-refractivity contribution in [1.82, 2.24) is 4.90 Å². The van der Waals surface area contributed by atoms with Gasteiger partial charge in [0.25, 0.3) is 0 Å². The summed E-state index contributed by atoms with van der Waals surface area (Å²) in [5, 5.41) is 9.78. The first-order chi connectivity index (χ1) is 7.65. The highest BCUT2D eigenvalue weighted by Gasteiger charge is 2.34. The van der Waals surface area contributed by atoms with Crippen molar-refractivity contribution in [3.05, 3.63) is 29.8 Å². The first-order valence-corrected chi connectivity index (χ1v) is 5.88. The number of phenolic OH excluding ortho intramolecular Hbond substituents is 1. The monoisotopic (exact) mass is 220 g/mol. The quantitative estimate of drug-likeness (QED) is 0.805. The Kier molecular flexibility index (Phi) is 3.17. The second-order valence-corrected chi connectivity index (χ2v) is 4.85. The van der Waals surface area contributed by atoms with Gasteiger partial charge in [0.15, 0.2) is 0 Å². The third kappa shape index (κ3) is 2.06. The van der Waals surface area contributed by atoms with Crippen molar-refractivity contribution in [2.24, 2.45) is 5.73 Å². The van der Waals surface area contributed by atoms with Crippen molar-refractivity contribution in [2.45, 2.75) is 25.3 Å². The molecule has 16 heavy (non-hydrogen) atoms. The van der Waals surface area contributed by atoms with Crippen molar-refractivity contribution >= 4 is 0 Å². The van der Waals surface area contributed by atoms with E-state index in [1.165, 1.54) is 6.42 Å². The molecule has 1 aliphatic rings. The normalized spacial score (nSPS) is 20.1. The highest BCUT2D eigenvalue weighted by atomic mass is 16.3. The van der Waals surface area contributed by atoms with Gasteiger partial charge >= 0.3 is 0 Å². The van der Waals surface area contributed by atoms with Crippen molar-refractivity contribution < 1.29 is 5.11 Å². The minimum Gasteiger partial charge on any atom is -0.508 e. The maximum absolute atomic E-state index is 9.78. The van der Waals surface area contributed by atoms with Crippen LogP contribution in [-0.2, 0) is 6.42 Å². The van der Waals surface area contributed by atoms with Crippen LogP contribution in [0.2, 0.25) is 0 Å². The van der Waals surface area contributed by atoms with Gasteiger partial charge in [-0.05, 0) is 44.5 Å². The Balaban J connectivity index is 2.14. The van der Waals surface area contributed by atoms with E-state index in [2.05, 4.69) is 11.8 Å². The van der Waals surface area contributed by atoms with E-state index in [4.69, 9.17) is 5.73 Å². The van der Waals surface area contributed by atoms with E-state index >= 15 is 0 Å². The number of para-hydroxylation sites is 1. The Morgan fingerprint density at radius 3 is 2.56 bits per heavy atom. The third-order valence-electron chi connectivity index (χ3n) is 3.62. The molecule has 2 rings (SSSR count). The van der Waals surface area contributed by atoms with Crippen LogP contribution in [0.1, 0.15) is 18.9 Å². The summed E-state index contributed by atoms with van der Waals surface area (Å²) in [7, 11) is 0. The van der Waals surface area contributed by atoms with E-state index < -0.39 is 0 Å². The number of phenols is 1. The maximum atomic E-state index is 9.78. The molecule has 88 valence electrons. The summed E-state index contributed by atoms with van der Waals surface area (Å²) in [5.74, 6) is 0.377. The molecule has 1 aromatic carbocycles. The van der Waals surface area contributed by atoms with Crippen LogP contribution >= 0.6 is 0 Å².